The fourth-order valence-electron chi connectivity index (χ4n) is 3.90. The van der Waals surface area contributed by atoms with E-state index in [-0.39, 0.29) is 33.8 Å². The number of benzene rings is 1. The van der Waals surface area contributed by atoms with Gasteiger partial charge in [0.2, 0.25) is 17.2 Å². The topological polar surface area (TPSA) is 77.1 Å². The van der Waals surface area contributed by atoms with Crippen LogP contribution in [0.3, 0.4) is 0 Å². The van der Waals surface area contributed by atoms with E-state index in [0.29, 0.717) is 12.2 Å². The second-order valence-corrected chi connectivity index (χ2v) is 8.07. The van der Waals surface area contributed by atoms with Crippen molar-refractivity contribution < 1.29 is 23.8 Å². The summed E-state index contributed by atoms with van der Waals surface area (Å²) in [5.41, 5.74) is -0.621. The average Bonchev–Trinajstić information content (AvgIpc) is 2.99. The van der Waals surface area contributed by atoms with Crippen molar-refractivity contribution in [1.29, 1.82) is 0 Å². The zero-order valence-corrected chi connectivity index (χ0v) is 18.2. The molecule has 1 N–H and O–H groups in total. The van der Waals surface area contributed by atoms with Crippen LogP contribution in [0.15, 0.2) is 17.8 Å². The third kappa shape index (κ3) is 3.57. The maximum Gasteiger partial charge on any atom is 0.236 e. The van der Waals surface area contributed by atoms with Gasteiger partial charge in [-0.25, -0.2) is 0 Å². The van der Waals surface area contributed by atoms with E-state index < -0.39 is 11.4 Å². The van der Waals surface area contributed by atoms with Gasteiger partial charge in [0.1, 0.15) is 22.1 Å². The van der Waals surface area contributed by atoms with Gasteiger partial charge in [0.05, 0.1) is 14.2 Å². The Labute approximate surface area is 175 Å². The molecular formula is C21H27ClN2O5. The lowest BCUT2D eigenvalue weighted by Gasteiger charge is -2.35. The molecule has 1 aliphatic heterocycles. The number of nitrogens with zero attached hydrogens (tertiary/aromatic N) is 1. The van der Waals surface area contributed by atoms with E-state index in [9.17, 15) is 9.59 Å². The molecule has 0 bridgehead atoms. The summed E-state index contributed by atoms with van der Waals surface area (Å²) in [4.78, 5) is 28.6. The van der Waals surface area contributed by atoms with Crippen LogP contribution in [0.4, 0.5) is 0 Å². The molecule has 2 atom stereocenters. The van der Waals surface area contributed by atoms with E-state index >= 15 is 0 Å². The minimum absolute atomic E-state index is 0.142. The number of carbonyl (C=O) groups is 2. The average molecular weight is 423 g/mol. The number of carbonyl (C=O) groups excluding carboxylic acids is 2. The van der Waals surface area contributed by atoms with Crippen LogP contribution in [-0.4, -0.2) is 63.5 Å². The third-order valence-corrected chi connectivity index (χ3v) is 5.80. The van der Waals surface area contributed by atoms with Gasteiger partial charge in [-0.3, -0.25) is 9.59 Å². The summed E-state index contributed by atoms with van der Waals surface area (Å²) in [6.07, 6.45) is 2.95. The van der Waals surface area contributed by atoms with E-state index in [1.165, 1.54) is 26.4 Å². The molecule has 0 amide bonds. The van der Waals surface area contributed by atoms with Crippen LogP contribution in [0.5, 0.6) is 17.2 Å². The second-order valence-electron chi connectivity index (χ2n) is 7.69. The number of fused-ring (bicyclic) bond motifs is 1. The molecule has 7 nitrogen and oxygen atoms in total. The van der Waals surface area contributed by atoms with Gasteiger partial charge in [0, 0.05) is 30.3 Å². The standard InChI is InChI=1S/C21H27ClN2O5/c1-12-9-13(23-7-6-8-24(2)3)10-16(25)21(12)20(26)17-14(27-4)11-15(28-5)18(22)19(17)29-21/h10-12,23H,6-9H2,1-5H3/t12-,21+/m1/s1. The highest BCUT2D eigenvalue weighted by Crippen LogP contribution is 2.52. The van der Waals surface area contributed by atoms with E-state index in [4.69, 9.17) is 25.8 Å². The Kier molecular flexibility index (Phi) is 6.10. The largest absolute Gasteiger partial charge is 0.496 e. The molecule has 8 heteroatoms. The quantitative estimate of drug-likeness (QED) is 0.534. The molecular weight excluding hydrogens is 396 g/mol. The molecule has 1 aliphatic carbocycles. The summed E-state index contributed by atoms with van der Waals surface area (Å²) in [5, 5.41) is 3.47. The Hall–Kier alpha value is -2.25. The van der Waals surface area contributed by atoms with Crippen LogP contribution in [0.25, 0.3) is 0 Å². The van der Waals surface area contributed by atoms with Gasteiger partial charge in [0.25, 0.3) is 0 Å². The molecule has 1 aromatic rings. The number of Topliss-reactive ketones (excluding diaryl/α,β-unsaturated/α-hetero) is 1. The van der Waals surface area contributed by atoms with Crippen LogP contribution in [0.2, 0.25) is 5.02 Å². The van der Waals surface area contributed by atoms with Gasteiger partial charge < -0.3 is 24.4 Å². The summed E-state index contributed by atoms with van der Waals surface area (Å²) in [6, 6.07) is 1.53. The van der Waals surface area contributed by atoms with Crippen LogP contribution in [-0.2, 0) is 4.79 Å². The summed E-state index contributed by atoms with van der Waals surface area (Å²) in [7, 11) is 6.95. The maximum absolute atomic E-state index is 13.4. The van der Waals surface area contributed by atoms with Crippen LogP contribution >= 0.6 is 11.6 Å². The summed E-state index contributed by atoms with van der Waals surface area (Å²) < 4.78 is 16.6. The number of hydrogen-bond donors (Lipinski definition) is 1. The lowest BCUT2D eigenvalue weighted by atomic mass is 9.74. The predicted octanol–water partition coefficient (Wildman–Crippen LogP) is 2.71. The molecule has 0 aromatic heterocycles. The van der Waals surface area contributed by atoms with Crippen molar-refractivity contribution in [2.75, 3.05) is 41.4 Å². The number of ketones is 2. The lowest BCUT2D eigenvalue weighted by molar-refractivity contribution is -0.129. The molecule has 3 rings (SSSR count). The Morgan fingerprint density at radius 1 is 1.28 bits per heavy atom. The molecule has 1 aromatic carbocycles. The molecule has 0 unspecified atom stereocenters. The van der Waals surface area contributed by atoms with Crippen molar-refractivity contribution in [3.63, 3.8) is 0 Å². The van der Waals surface area contributed by atoms with Gasteiger partial charge in [-0.05, 0) is 33.5 Å². The molecule has 29 heavy (non-hydrogen) atoms. The normalized spacial score (nSPS) is 23.1. The number of nitrogens with one attached hydrogen (secondary N) is 1. The summed E-state index contributed by atoms with van der Waals surface area (Å²) >= 11 is 6.38. The molecule has 158 valence electrons. The molecule has 0 saturated carbocycles. The summed E-state index contributed by atoms with van der Waals surface area (Å²) in [5.74, 6) is -0.438. The number of ether oxygens (including phenoxy) is 3. The van der Waals surface area contributed by atoms with Gasteiger partial charge >= 0.3 is 0 Å². The highest BCUT2D eigenvalue weighted by Gasteiger charge is 2.60. The third-order valence-electron chi connectivity index (χ3n) is 5.44. The second kappa shape index (κ2) is 8.24. The number of methoxy groups -OCH3 is 2. The Morgan fingerprint density at radius 2 is 1.97 bits per heavy atom. The molecule has 1 spiro atoms. The first kappa shape index (κ1) is 21.5. The fraction of sp³-hybridized carbons (Fsp3) is 0.524. The smallest absolute Gasteiger partial charge is 0.236 e. The minimum atomic E-state index is -1.62. The first-order chi connectivity index (χ1) is 13.8. The van der Waals surface area contributed by atoms with Crippen molar-refractivity contribution in [1.82, 2.24) is 10.2 Å². The van der Waals surface area contributed by atoms with Crippen molar-refractivity contribution in [2.45, 2.75) is 25.4 Å². The Balaban J connectivity index is 1.90. The summed E-state index contributed by atoms with van der Waals surface area (Å²) in [6.45, 7) is 3.54. The van der Waals surface area contributed by atoms with Gasteiger partial charge in [-0.2, -0.15) is 0 Å². The highest BCUT2D eigenvalue weighted by atomic mass is 35.5. The van der Waals surface area contributed by atoms with E-state index in [2.05, 4.69) is 10.2 Å². The molecule has 0 fully saturated rings. The van der Waals surface area contributed by atoms with Gasteiger partial charge in [-0.1, -0.05) is 18.5 Å². The van der Waals surface area contributed by atoms with Crippen molar-refractivity contribution in [3.05, 3.63) is 28.4 Å². The van der Waals surface area contributed by atoms with Crippen LogP contribution in [0.1, 0.15) is 30.1 Å². The van der Waals surface area contributed by atoms with Crippen molar-refractivity contribution >= 4 is 23.2 Å². The SMILES string of the molecule is COc1cc(OC)c2c(c1Cl)O[C@@]1(C(=O)C=C(NCCCN(C)C)C[C@H]1C)C2=O. The van der Waals surface area contributed by atoms with Crippen molar-refractivity contribution in [3.8, 4) is 17.2 Å². The Morgan fingerprint density at radius 3 is 2.55 bits per heavy atom. The molecule has 0 radical (unpaired) electrons. The first-order valence-corrected chi connectivity index (χ1v) is 9.95. The minimum Gasteiger partial charge on any atom is -0.496 e. The number of hydrogen-bond acceptors (Lipinski definition) is 7. The number of rotatable bonds is 7. The van der Waals surface area contributed by atoms with Crippen LogP contribution in [0, 0.1) is 5.92 Å². The lowest BCUT2D eigenvalue weighted by Crippen LogP contribution is -2.55. The molecule has 2 aliphatic rings. The van der Waals surface area contributed by atoms with E-state index in [0.717, 1.165) is 25.2 Å². The van der Waals surface area contributed by atoms with Gasteiger partial charge in [-0.15, -0.1) is 0 Å². The Bertz CT molecular complexity index is 867. The fourth-order valence-corrected chi connectivity index (χ4v) is 4.16. The van der Waals surface area contributed by atoms with Gasteiger partial charge in [0.15, 0.2) is 5.75 Å². The van der Waals surface area contributed by atoms with E-state index in [1.54, 1.807) is 0 Å². The highest BCUT2D eigenvalue weighted by molar-refractivity contribution is 6.36. The van der Waals surface area contributed by atoms with E-state index in [1.807, 2.05) is 21.0 Å². The molecule has 0 saturated heterocycles. The molecule has 1 heterocycles. The number of halogens is 1. The zero-order valence-electron chi connectivity index (χ0n) is 17.4. The van der Waals surface area contributed by atoms with Crippen LogP contribution < -0.4 is 19.5 Å². The monoisotopic (exact) mass is 422 g/mol. The number of allylic oxidation sites excluding steroid dienone is 1. The predicted molar refractivity (Wildman–Crippen MR) is 110 cm³/mol. The first-order valence-electron chi connectivity index (χ1n) is 9.58. The van der Waals surface area contributed by atoms with Crippen molar-refractivity contribution in [2.24, 2.45) is 5.92 Å². The zero-order chi connectivity index (χ0) is 21.3. The maximum atomic E-state index is 13.4.